The van der Waals surface area contributed by atoms with E-state index in [9.17, 15) is 0 Å². The van der Waals surface area contributed by atoms with Gasteiger partial charge in [-0.1, -0.05) is 0 Å². The summed E-state index contributed by atoms with van der Waals surface area (Å²) >= 11 is 8.71. The predicted molar refractivity (Wildman–Crippen MR) is 78.6 cm³/mol. The van der Waals surface area contributed by atoms with E-state index in [-0.39, 0.29) is 6.04 Å². The lowest BCUT2D eigenvalue weighted by Gasteiger charge is -2.15. The number of hydrogen-bond donors (Lipinski definition) is 1. The van der Waals surface area contributed by atoms with Crippen molar-refractivity contribution in [2.24, 2.45) is 5.73 Å². The molecular formula is C11H13Br2N3S. The smallest absolute Gasteiger partial charge is 0.0986 e. The number of aromatic nitrogens is 2. The third kappa shape index (κ3) is 2.50. The Morgan fingerprint density at radius 3 is 2.59 bits per heavy atom. The van der Waals surface area contributed by atoms with Gasteiger partial charge in [0.05, 0.1) is 21.9 Å². The number of nitrogens with two attached hydrogens (primary N) is 1. The van der Waals surface area contributed by atoms with Crippen LogP contribution in [-0.4, -0.2) is 16.3 Å². The van der Waals surface area contributed by atoms with Gasteiger partial charge in [0.15, 0.2) is 0 Å². The Balaban J connectivity index is 2.45. The summed E-state index contributed by atoms with van der Waals surface area (Å²) in [6.45, 7) is 4.59. The SMILES string of the molecule is Cc1nn(C(CN)c2cc(Br)cs2)c(C)c1Br. The highest BCUT2D eigenvalue weighted by molar-refractivity contribution is 9.10. The van der Waals surface area contributed by atoms with Gasteiger partial charge >= 0.3 is 0 Å². The minimum Gasteiger partial charge on any atom is -0.328 e. The van der Waals surface area contributed by atoms with Crippen molar-refractivity contribution in [1.82, 2.24) is 9.78 Å². The van der Waals surface area contributed by atoms with Crippen LogP contribution in [0.1, 0.15) is 22.3 Å². The highest BCUT2D eigenvalue weighted by atomic mass is 79.9. The first kappa shape index (κ1) is 13.3. The van der Waals surface area contributed by atoms with Gasteiger partial charge in [-0.15, -0.1) is 11.3 Å². The summed E-state index contributed by atoms with van der Waals surface area (Å²) in [5, 5.41) is 6.62. The van der Waals surface area contributed by atoms with E-state index in [1.54, 1.807) is 11.3 Å². The molecule has 0 saturated heterocycles. The van der Waals surface area contributed by atoms with Gasteiger partial charge in [-0.25, -0.2) is 0 Å². The normalized spacial score (nSPS) is 13.0. The molecule has 3 nitrogen and oxygen atoms in total. The summed E-state index contributed by atoms with van der Waals surface area (Å²) in [5.41, 5.74) is 8.00. The van der Waals surface area contributed by atoms with Gasteiger partial charge in [0.1, 0.15) is 0 Å². The Kier molecular flexibility index (Phi) is 4.07. The van der Waals surface area contributed by atoms with Crippen molar-refractivity contribution in [3.63, 3.8) is 0 Å². The molecule has 1 atom stereocenters. The fraction of sp³-hybridized carbons (Fsp3) is 0.364. The van der Waals surface area contributed by atoms with Crippen LogP contribution in [0.2, 0.25) is 0 Å². The van der Waals surface area contributed by atoms with Crippen LogP contribution in [0.15, 0.2) is 20.4 Å². The fourth-order valence-corrected chi connectivity index (χ4v) is 3.59. The summed E-state index contributed by atoms with van der Waals surface area (Å²) in [5.74, 6) is 0. The number of thiophene rings is 1. The van der Waals surface area contributed by atoms with E-state index in [2.05, 4.69) is 55.3 Å². The minimum atomic E-state index is 0.108. The molecule has 0 amide bonds. The molecule has 2 rings (SSSR count). The maximum absolute atomic E-state index is 5.89. The first-order valence-corrected chi connectivity index (χ1v) is 7.66. The quantitative estimate of drug-likeness (QED) is 0.885. The van der Waals surface area contributed by atoms with Crippen LogP contribution >= 0.6 is 43.2 Å². The molecule has 92 valence electrons. The van der Waals surface area contributed by atoms with Crippen LogP contribution in [0.4, 0.5) is 0 Å². The summed E-state index contributed by atoms with van der Waals surface area (Å²) < 4.78 is 4.15. The van der Waals surface area contributed by atoms with E-state index >= 15 is 0 Å². The number of hydrogen-bond acceptors (Lipinski definition) is 3. The molecule has 2 N–H and O–H groups in total. The average Bonchev–Trinajstić information content (AvgIpc) is 2.82. The summed E-state index contributed by atoms with van der Waals surface area (Å²) in [7, 11) is 0. The lowest BCUT2D eigenvalue weighted by atomic mass is 10.2. The zero-order valence-electron chi connectivity index (χ0n) is 9.58. The van der Waals surface area contributed by atoms with Crippen molar-refractivity contribution < 1.29 is 0 Å². The second kappa shape index (κ2) is 5.22. The molecule has 0 spiro atoms. The van der Waals surface area contributed by atoms with E-state index in [1.807, 2.05) is 11.6 Å². The van der Waals surface area contributed by atoms with Gasteiger partial charge in [-0.2, -0.15) is 5.10 Å². The maximum Gasteiger partial charge on any atom is 0.0986 e. The monoisotopic (exact) mass is 377 g/mol. The Bertz CT molecular complexity index is 533. The van der Waals surface area contributed by atoms with E-state index in [0.717, 1.165) is 20.3 Å². The topological polar surface area (TPSA) is 43.8 Å². The Hall–Kier alpha value is -0.170. The van der Waals surface area contributed by atoms with Crippen molar-refractivity contribution >= 4 is 43.2 Å². The Labute approximate surface area is 121 Å². The van der Waals surface area contributed by atoms with Gasteiger partial charge in [-0.3, -0.25) is 4.68 Å². The molecular weight excluding hydrogens is 366 g/mol. The summed E-state index contributed by atoms with van der Waals surface area (Å²) in [6, 6.07) is 2.21. The lowest BCUT2D eigenvalue weighted by molar-refractivity contribution is 0.523. The minimum absolute atomic E-state index is 0.108. The van der Waals surface area contributed by atoms with Gasteiger partial charge in [0.2, 0.25) is 0 Å². The third-order valence-corrected chi connectivity index (χ3v) is 5.61. The molecule has 0 radical (unpaired) electrons. The van der Waals surface area contributed by atoms with Gasteiger partial charge in [0.25, 0.3) is 0 Å². The molecule has 0 aliphatic heterocycles. The van der Waals surface area contributed by atoms with Gasteiger partial charge < -0.3 is 5.73 Å². The van der Waals surface area contributed by atoms with Crippen molar-refractivity contribution in [1.29, 1.82) is 0 Å². The van der Waals surface area contributed by atoms with Gasteiger partial charge in [0, 0.05) is 21.3 Å². The van der Waals surface area contributed by atoms with E-state index in [4.69, 9.17) is 5.73 Å². The van der Waals surface area contributed by atoms with Crippen LogP contribution in [0.5, 0.6) is 0 Å². The number of rotatable bonds is 3. The molecule has 2 aromatic heterocycles. The van der Waals surface area contributed by atoms with Crippen LogP contribution < -0.4 is 5.73 Å². The molecule has 17 heavy (non-hydrogen) atoms. The van der Waals surface area contributed by atoms with Crippen LogP contribution in [-0.2, 0) is 0 Å². The molecule has 0 fully saturated rings. The predicted octanol–water partition coefficient (Wildman–Crippen LogP) is 3.63. The Morgan fingerprint density at radius 2 is 2.18 bits per heavy atom. The van der Waals surface area contributed by atoms with Crippen LogP contribution in [0, 0.1) is 13.8 Å². The molecule has 0 saturated carbocycles. The number of halogens is 2. The van der Waals surface area contributed by atoms with Crippen LogP contribution in [0.3, 0.4) is 0 Å². The van der Waals surface area contributed by atoms with Crippen molar-refractivity contribution in [3.05, 3.63) is 36.7 Å². The number of nitrogens with zero attached hydrogens (tertiary/aromatic N) is 2. The lowest BCUT2D eigenvalue weighted by Crippen LogP contribution is -2.21. The average molecular weight is 379 g/mol. The summed E-state index contributed by atoms with van der Waals surface area (Å²) in [6.07, 6.45) is 0. The largest absolute Gasteiger partial charge is 0.328 e. The van der Waals surface area contributed by atoms with E-state index < -0.39 is 0 Å². The first-order chi connectivity index (χ1) is 8.04. The highest BCUT2D eigenvalue weighted by Crippen LogP contribution is 2.30. The first-order valence-electron chi connectivity index (χ1n) is 5.19. The molecule has 0 aliphatic carbocycles. The van der Waals surface area contributed by atoms with Crippen LogP contribution in [0.25, 0.3) is 0 Å². The molecule has 1 unspecified atom stereocenters. The van der Waals surface area contributed by atoms with Crippen molar-refractivity contribution in [2.75, 3.05) is 6.54 Å². The van der Waals surface area contributed by atoms with E-state index in [0.29, 0.717) is 6.54 Å². The maximum atomic E-state index is 5.89. The second-order valence-electron chi connectivity index (χ2n) is 3.85. The zero-order chi connectivity index (χ0) is 12.6. The molecule has 0 bridgehead atoms. The molecule has 2 heterocycles. The third-order valence-electron chi connectivity index (χ3n) is 2.67. The molecule has 0 aromatic carbocycles. The molecule has 0 aliphatic rings. The summed E-state index contributed by atoms with van der Waals surface area (Å²) in [4.78, 5) is 1.22. The molecule has 6 heteroatoms. The second-order valence-corrected chi connectivity index (χ2v) is 6.50. The molecule has 2 aromatic rings. The zero-order valence-corrected chi connectivity index (χ0v) is 13.6. The van der Waals surface area contributed by atoms with Crippen molar-refractivity contribution in [3.8, 4) is 0 Å². The fourth-order valence-electron chi connectivity index (χ4n) is 1.79. The van der Waals surface area contributed by atoms with Gasteiger partial charge in [-0.05, 0) is 51.8 Å². The van der Waals surface area contributed by atoms with Crippen molar-refractivity contribution in [2.45, 2.75) is 19.9 Å². The number of aryl methyl sites for hydroxylation is 1. The Morgan fingerprint density at radius 1 is 1.47 bits per heavy atom. The standard InChI is InChI=1S/C11H13Br2N3S/c1-6-11(13)7(2)16(15-6)9(4-14)10-3-8(12)5-17-10/h3,5,9H,4,14H2,1-2H3. The van der Waals surface area contributed by atoms with E-state index in [1.165, 1.54) is 4.88 Å². The highest BCUT2D eigenvalue weighted by Gasteiger charge is 2.19.